The lowest BCUT2D eigenvalue weighted by molar-refractivity contribution is 0.443. The lowest BCUT2D eigenvalue weighted by Gasteiger charge is -2.12. The molecule has 0 bridgehead atoms. The molecule has 1 aliphatic heterocycles. The van der Waals surface area contributed by atoms with E-state index in [-0.39, 0.29) is 0 Å². The quantitative estimate of drug-likeness (QED) is 0.406. The lowest BCUT2D eigenvalue weighted by atomic mass is 10.4. The van der Waals surface area contributed by atoms with Crippen molar-refractivity contribution in [1.82, 2.24) is 4.90 Å². The molecule has 1 aliphatic rings. The number of hydrogen-bond donors (Lipinski definition) is 0. The summed E-state index contributed by atoms with van der Waals surface area (Å²) < 4.78 is 0. The van der Waals surface area contributed by atoms with Gasteiger partial charge in [-0.25, -0.2) is 4.79 Å². The van der Waals surface area contributed by atoms with Crippen LogP contribution < -0.4 is 0 Å². The third-order valence-corrected chi connectivity index (χ3v) is 1.76. The Hall–Kier alpha value is -1.19. The molecule has 2 nitrogen and oxygen atoms in total. The fourth-order valence-corrected chi connectivity index (χ4v) is 1.23. The van der Waals surface area contributed by atoms with Crippen molar-refractivity contribution >= 4 is 5.94 Å². The van der Waals surface area contributed by atoms with Gasteiger partial charge in [0, 0.05) is 13.1 Å². The second kappa shape index (κ2) is 3.85. The first-order valence-corrected chi connectivity index (χ1v) is 3.81. The summed E-state index contributed by atoms with van der Waals surface area (Å²) in [5.74, 6) is 7.31. The van der Waals surface area contributed by atoms with Crippen LogP contribution in [0.3, 0.4) is 0 Å². The molecular formula is C9H11NO. The maximum atomic E-state index is 10.4. The number of rotatable bonds is 1. The minimum absolute atomic E-state index is 0.519. The van der Waals surface area contributed by atoms with Crippen molar-refractivity contribution in [3.63, 3.8) is 0 Å². The van der Waals surface area contributed by atoms with Crippen LogP contribution in [0, 0.1) is 11.8 Å². The molecule has 0 aromatic rings. The zero-order chi connectivity index (χ0) is 8.10. The molecule has 0 radical (unpaired) electrons. The molecule has 0 spiro atoms. The first-order valence-electron chi connectivity index (χ1n) is 3.81. The average Bonchev–Trinajstić information content (AvgIpc) is 2.52. The Morgan fingerprint density at radius 2 is 2.00 bits per heavy atom. The number of nitrogens with zero attached hydrogens (tertiary/aromatic N) is 1. The largest absolute Gasteiger partial charge is 0.356 e. The van der Waals surface area contributed by atoms with Gasteiger partial charge in [-0.15, -0.1) is 0 Å². The molecule has 0 N–H and O–H groups in total. The van der Waals surface area contributed by atoms with E-state index in [0.717, 1.165) is 25.9 Å². The summed E-state index contributed by atoms with van der Waals surface area (Å²) >= 11 is 0. The molecule has 58 valence electrons. The summed E-state index contributed by atoms with van der Waals surface area (Å²) in [6.45, 7) is 3.64. The number of likely N-dealkylation sites (tertiary alicyclic amines) is 1. The van der Waals surface area contributed by atoms with Crippen molar-refractivity contribution in [2.45, 2.75) is 19.8 Å². The van der Waals surface area contributed by atoms with E-state index in [0.29, 0.717) is 5.70 Å². The van der Waals surface area contributed by atoms with Crippen LogP contribution in [0.15, 0.2) is 5.70 Å². The Morgan fingerprint density at radius 1 is 1.36 bits per heavy atom. The van der Waals surface area contributed by atoms with Gasteiger partial charge in [-0.2, -0.15) is 0 Å². The van der Waals surface area contributed by atoms with Crippen molar-refractivity contribution in [1.29, 1.82) is 0 Å². The Morgan fingerprint density at radius 3 is 2.45 bits per heavy atom. The van der Waals surface area contributed by atoms with E-state index < -0.39 is 0 Å². The van der Waals surface area contributed by atoms with Crippen LogP contribution in [0.4, 0.5) is 0 Å². The summed E-state index contributed by atoms with van der Waals surface area (Å²) in [6.07, 6.45) is 2.33. The summed E-state index contributed by atoms with van der Waals surface area (Å²) in [7, 11) is 0. The number of allylic oxidation sites excluding steroid dienone is 1. The zero-order valence-corrected chi connectivity index (χ0v) is 6.68. The second-order valence-corrected chi connectivity index (χ2v) is 2.52. The minimum Gasteiger partial charge on any atom is -0.356 e. The maximum absolute atomic E-state index is 10.4. The van der Waals surface area contributed by atoms with Gasteiger partial charge in [-0.3, -0.25) is 0 Å². The van der Waals surface area contributed by atoms with Crippen molar-refractivity contribution < 1.29 is 4.79 Å². The van der Waals surface area contributed by atoms with Crippen LogP contribution in [0.25, 0.3) is 0 Å². The van der Waals surface area contributed by atoms with E-state index in [1.807, 2.05) is 10.8 Å². The van der Waals surface area contributed by atoms with Gasteiger partial charge in [-0.1, -0.05) is 5.92 Å². The van der Waals surface area contributed by atoms with Gasteiger partial charge in [0.05, 0.1) is 0 Å². The van der Waals surface area contributed by atoms with Crippen molar-refractivity contribution in [2.24, 2.45) is 0 Å². The molecular weight excluding hydrogens is 138 g/mol. The predicted octanol–water partition coefficient (Wildman–Crippen LogP) is 0.821. The summed E-state index contributed by atoms with van der Waals surface area (Å²) in [5, 5.41) is 0. The monoisotopic (exact) mass is 149 g/mol. The lowest BCUT2D eigenvalue weighted by Crippen LogP contribution is -2.17. The van der Waals surface area contributed by atoms with Gasteiger partial charge in [0.2, 0.25) is 0 Å². The molecule has 0 saturated carbocycles. The van der Waals surface area contributed by atoms with Crippen LogP contribution >= 0.6 is 0 Å². The third-order valence-electron chi connectivity index (χ3n) is 1.76. The van der Waals surface area contributed by atoms with Crippen molar-refractivity contribution in [3.8, 4) is 11.8 Å². The normalized spacial score (nSPS) is 15.2. The van der Waals surface area contributed by atoms with Crippen LogP contribution in [-0.4, -0.2) is 23.9 Å². The van der Waals surface area contributed by atoms with E-state index in [1.165, 1.54) is 0 Å². The number of carbonyl (C=O) groups excluding carboxylic acids is 1. The summed E-state index contributed by atoms with van der Waals surface area (Å²) in [6, 6.07) is 0. The van der Waals surface area contributed by atoms with E-state index >= 15 is 0 Å². The van der Waals surface area contributed by atoms with Crippen LogP contribution in [-0.2, 0) is 4.79 Å². The molecule has 0 aromatic carbocycles. The summed E-state index contributed by atoms with van der Waals surface area (Å²) in [5.41, 5.74) is 0.519. The standard InChI is InChI=1S/C9H11NO/c1-2-5-9(8-11)10-6-3-4-7-10/h3-4,6-7H2,1H3. The molecule has 0 unspecified atom stereocenters. The van der Waals surface area contributed by atoms with E-state index in [9.17, 15) is 4.79 Å². The fourth-order valence-electron chi connectivity index (χ4n) is 1.23. The van der Waals surface area contributed by atoms with Gasteiger partial charge in [0.25, 0.3) is 0 Å². The Labute approximate surface area is 66.9 Å². The van der Waals surface area contributed by atoms with Crippen molar-refractivity contribution in [2.75, 3.05) is 13.1 Å². The van der Waals surface area contributed by atoms with Gasteiger partial charge in [-0.05, 0) is 25.7 Å². The molecule has 0 atom stereocenters. The Kier molecular flexibility index (Phi) is 2.77. The molecule has 1 heterocycles. The van der Waals surface area contributed by atoms with Gasteiger partial charge in [0.15, 0.2) is 11.6 Å². The van der Waals surface area contributed by atoms with Gasteiger partial charge in [0.1, 0.15) is 0 Å². The molecule has 1 saturated heterocycles. The minimum atomic E-state index is 0.519. The molecule has 1 rings (SSSR count). The first-order chi connectivity index (χ1) is 5.38. The molecule has 1 fully saturated rings. The average molecular weight is 149 g/mol. The number of hydrogen-bond acceptors (Lipinski definition) is 2. The second-order valence-electron chi connectivity index (χ2n) is 2.52. The molecule has 0 aromatic heterocycles. The third kappa shape index (κ3) is 1.86. The fraction of sp³-hybridized carbons (Fsp3) is 0.556. The molecule has 0 aliphatic carbocycles. The first kappa shape index (κ1) is 7.91. The predicted molar refractivity (Wildman–Crippen MR) is 43.5 cm³/mol. The van der Waals surface area contributed by atoms with E-state index in [4.69, 9.17) is 0 Å². The molecule has 2 heteroatoms. The zero-order valence-electron chi connectivity index (χ0n) is 6.68. The van der Waals surface area contributed by atoms with Gasteiger partial charge >= 0.3 is 0 Å². The highest BCUT2D eigenvalue weighted by Gasteiger charge is 2.13. The molecule has 11 heavy (non-hydrogen) atoms. The van der Waals surface area contributed by atoms with E-state index in [1.54, 1.807) is 6.92 Å². The highest BCUT2D eigenvalue weighted by molar-refractivity contribution is 5.59. The molecule has 0 amide bonds. The van der Waals surface area contributed by atoms with Crippen LogP contribution in [0.5, 0.6) is 0 Å². The topological polar surface area (TPSA) is 20.3 Å². The maximum Gasteiger partial charge on any atom is 0.174 e. The van der Waals surface area contributed by atoms with Gasteiger partial charge < -0.3 is 4.90 Å². The highest BCUT2D eigenvalue weighted by Crippen LogP contribution is 2.11. The van der Waals surface area contributed by atoms with Crippen molar-refractivity contribution in [3.05, 3.63) is 5.70 Å². The van der Waals surface area contributed by atoms with Crippen LogP contribution in [0.1, 0.15) is 19.8 Å². The Bertz CT molecular complexity index is 234. The van der Waals surface area contributed by atoms with E-state index in [2.05, 4.69) is 11.8 Å². The highest BCUT2D eigenvalue weighted by atomic mass is 16.1. The SMILES string of the molecule is CC#CC(=C=O)N1CCCC1. The smallest absolute Gasteiger partial charge is 0.174 e. The Balaban J connectivity index is 2.67. The van der Waals surface area contributed by atoms with Crippen LogP contribution in [0.2, 0.25) is 0 Å². The summed E-state index contributed by atoms with van der Waals surface area (Å²) in [4.78, 5) is 12.4.